The molecule has 5 saturated heterocycles. The first-order chi connectivity index (χ1) is 12.8. The third-order valence-electron chi connectivity index (χ3n) is 7.80. The van der Waals surface area contributed by atoms with E-state index < -0.39 is 0 Å². The second-order valence-corrected chi connectivity index (χ2v) is 49.8. The summed E-state index contributed by atoms with van der Waals surface area (Å²) in [4.78, 5) is 0. The zero-order valence-corrected chi connectivity index (χ0v) is 32.0. The van der Waals surface area contributed by atoms with E-state index >= 15 is 0 Å². The molecule has 0 aromatic heterocycles. The van der Waals surface area contributed by atoms with Crippen LogP contribution < -0.4 is 0 Å². The monoisotopic (exact) mass is 792 g/mol. The van der Waals surface area contributed by atoms with E-state index in [9.17, 15) is 0 Å². The fraction of sp³-hybridized carbons (Fsp3) is 1.00. The van der Waals surface area contributed by atoms with Crippen molar-refractivity contribution in [1.29, 1.82) is 0 Å². The van der Waals surface area contributed by atoms with Gasteiger partial charge in [0.25, 0.3) is 0 Å². The van der Waals surface area contributed by atoms with Crippen molar-refractivity contribution in [3.8, 4) is 0 Å². The first-order valence-electron chi connectivity index (χ1n) is 10.6. The van der Waals surface area contributed by atoms with Crippen molar-refractivity contribution in [2.24, 2.45) is 21.7 Å². The predicted octanol–water partition coefficient (Wildman–Crippen LogP) is 11.4. The van der Waals surface area contributed by atoms with Gasteiger partial charge in [-0.05, 0) is 21.7 Å². The maximum absolute atomic E-state index is 2.66. The fourth-order valence-electron chi connectivity index (χ4n) is 6.97. The molecular weight excluding hydrogens is 752 g/mol. The van der Waals surface area contributed by atoms with Gasteiger partial charge in [0.1, 0.15) is 0 Å². The Labute approximate surface area is 217 Å². The zero-order chi connectivity index (χ0) is 22.4. The molecule has 0 spiro atoms. The summed E-state index contributed by atoms with van der Waals surface area (Å²) < 4.78 is 3.35. The summed E-state index contributed by atoms with van der Waals surface area (Å²) in [6, 6.07) is 0. The number of hydrogen-bond donors (Lipinski definition) is 0. The van der Waals surface area contributed by atoms with E-state index in [4.69, 9.17) is 0 Å². The van der Waals surface area contributed by atoms with Crippen LogP contribution in [0.2, 0.25) is 0 Å². The van der Waals surface area contributed by atoms with Crippen LogP contribution in [0, 0.1) is 21.7 Å². The van der Waals surface area contributed by atoms with Gasteiger partial charge in [0.2, 0.25) is 0 Å². The van der Waals surface area contributed by atoms with Crippen LogP contribution in [0.1, 0.15) is 83.1 Å². The molecule has 5 fully saturated rings. The normalized spacial score (nSPS) is 53.2. The van der Waals surface area contributed by atoms with E-state index in [2.05, 4.69) is 124 Å². The van der Waals surface area contributed by atoms with Gasteiger partial charge in [0.15, 0.2) is 0 Å². The Morgan fingerprint density at radius 1 is 0.552 bits per heavy atom. The number of rotatable bonds is 0. The van der Waals surface area contributed by atoms with E-state index in [1.54, 1.807) is 0 Å². The number of hydrogen-bond acceptors (Lipinski definition) is 0. The molecule has 0 N–H and O–H groups in total. The molecule has 0 nitrogen and oxygen atoms in total. The summed E-state index contributed by atoms with van der Waals surface area (Å²) in [5.41, 5.74) is 2.20. The van der Waals surface area contributed by atoms with Gasteiger partial charge < -0.3 is 0 Å². The van der Waals surface area contributed by atoms with Crippen molar-refractivity contribution < 1.29 is 0 Å². The molecule has 0 bridgehead atoms. The molecule has 166 valence electrons. The van der Waals surface area contributed by atoms with Gasteiger partial charge in [-0.3, -0.25) is 0 Å². The molecule has 0 saturated carbocycles. The van der Waals surface area contributed by atoms with Crippen LogP contribution in [-0.4, -0.2) is 27.4 Å². The van der Waals surface area contributed by atoms with Crippen LogP contribution in [-0.2, 0) is 0 Å². The molecule has 2 radical (unpaired) electrons. The van der Waals surface area contributed by atoms with Crippen LogP contribution >= 0.6 is 88.0 Å². The SMILES string of the molecule is CC(C)(C)C12PP3C4(C(C)(C)C)PP1C1(C(C)(C)C)P2C3(C(C)(C)C)P41.[I][Ge][I]. The standard InChI is InChI=1S/C20H38P6.GeI2/c1-13(2,3)17-21-26-18(14(4,5)6)22-25(17)19(15(7,8)9)23(17)20(26,24(18)19)16(10,11)12;2-1-3/h21-22H,1-12H3;. The van der Waals surface area contributed by atoms with Gasteiger partial charge in [-0.25, -0.2) is 0 Å². The molecule has 5 aliphatic rings. The van der Waals surface area contributed by atoms with Gasteiger partial charge >= 0.3 is 49.2 Å². The Bertz CT molecular complexity index is 678. The Balaban J connectivity index is 0.000000645. The van der Waals surface area contributed by atoms with Gasteiger partial charge in [-0.15, -0.1) is 0 Å². The average Bonchev–Trinajstić information content (AvgIpc) is 2.64. The molecule has 0 amide bonds. The quantitative estimate of drug-likeness (QED) is 0.130. The van der Waals surface area contributed by atoms with Gasteiger partial charge in [0, 0.05) is 18.6 Å². The fourth-order valence-corrected chi connectivity index (χ4v) is 75.4. The second kappa shape index (κ2) is 7.12. The van der Waals surface area contributed by atoms with Crippen molar-refractivity contribution in [2.45, 2.75) is 102 Å². The molecule has 29 heavy (non-hydrogen) atoms. The predicted molar refractivity (Wildman–Crippen MR) is 167 cm³/mol. The maximum atomic E-state index is 2.66. The Morgan fingerprint density at radius 2 is 0.793 bits per heavy atom. The van der Waals surface area contributed by atoms with Crippen molar-refractivity contribution in [1.82, 2.24) is 0 Å². The number of fused-ring (bicyclic) bond motifs is 2. The molecule has 5 heterocycles. The third kappa shape index (κ3) is 2.49. The van der Waals surface area contributed by atoms with Crippen LogP contribution in [0.4, 0.5) is 0 Å². The molecule has 5 rings (SSSR count). The molecule has 6 unspecified atom stereocenters. The Morgan fingerprint density at radius 3 is 0.966 bits per heavy atom. The summed E-state index contributed by atoms with van der Waals surface area (Å²) in [7, 11) is 4.08. The van der Waals surface area contributed by atoms with Crippen molar-refractivity contribution in [2.75, 3.05) is 0 Å². The van der Waals surface area contributed by atoms with E-state index in [0.717, 1.165) is 18.6 Å². The summed E-state index contributed by atoms with van der Waals surface area (Å²) in [6.07, 6.45) is 0. The summed E-state index contributed by atoms with van der Waals surface area (Å²) in [6.45, 7) is 31.9. The molecule has 6 atom stereocenters. The molecule has 0 aliphatic carbocycles. The van der Waals surface area contributed by atoms with E-state index in [1.807, 2.05) is 0 Å². The first-order valence-corrected chi connectivity index (χ1v) is 32.4. The van der Waals surface area contributed by atoms with Crippen LogP contribution in [0.3, 0.4) is 0 Å². The van der Waals surface area contributed by atoms with Crippen LogP contribution in [0.5, 0.6) is 0 Å². The minimum atomic E-state index is 0.213. The molecule has 5 aliphatic heterocycles. The molecular formula is C20H38GeI2P6. The van der Waals surface area contributed by atoms with E-state index in [0.29, 0.717) is 30.5 Å². The number of halogens is 2. The van der Waals surface area contributed by atoms with E-state index in [-0.39, 0.29) is 31.1 Å². The molecule has 9 heteroatoms. The van der Waals surface area contributed by atoms with Gasteiger partial charge in [-0.2, -0.15) is 0 Å². The minimum absolute atomic E-state index is 0.213. The Hall–Kier alpha value is 4.58. The second-order valence-electron chi connectivity index (χ2n) is 13.3. The van der Waals surface area contributed by atoms with Crippen LogP contribution in [0.15, 0.2) is 0 Å². The average molecular weight is 791 g/mol. The third-order valence-corrected chi connectivity index (χ3v) is 51.3. The van der Waals surface area contributed by atoms with Crippen molar-refractivity contribution in [3.63, 3.8) is 0 Å². The molecule has 0 aromatic rings. The summed E-state index contributed by atoms with van der Waals surface area (Å²) in [5, 5.41) is 0. The van der Waals surface area contributed by atoms with Crippen molar-refractivity contribution >= 4 is 96.8 Å². The van der Waals surface area contributed by atoms with Crippen LogP contribution in [0.25, 0.3) is 0 Å². The molecule has 0 aromatic carbocycles. The van der Waals surface area contributed by atoms with Crippen molar-refractivity contribution in [3.05, 3.63) is 0 Å². The Kier molecular flexibility index (Phi) is 6.54. The zero-order valence-electron chi connectivity index (χ0n) is 20.0. The topological polar surface area (TPSA) is 0 Å². The summed E-state index contributed by atoms with van der Waals surface area (Å²) >= 11 is 4.80. The van der Waals surface area contributed by atoms with E-state index in [1.165, 1.54) is 16.5 Å². The first kappa shape index (κ1) is 26.6. The van der Waals surface area contributed by atoms with Gasteiger partial charge in [0.05, 0.1) is 0 Å². The summed E-state index contributed by atoms with van der Waals surface area (Å²) in [5.74, 6) is 0. The van der Waals surface area contributed by atoms with Gasteiger partial charge in [-0.1, -0.05) is 131 Å².